The maximum Gasteiger partial charge on any atom is 0.258 e. The van der Waals surface area contributed by atoms with Gasteiger partial charge in [0.25, 0.3) is 5.91 Å². The number of halogens is 1. The number of nitrogen functional groups attached to an aromatic ring is 1. The van der Waals surface area contributed by atoms with E-state index in [-0.39, 0.29) is 5.91 Å². The van der Waals surface area contributed by atoms with Crippen LogP contribution in [0, 0.1) is 6.92 Å². The van der Waals surface area contributed by atoms with Crippen LogP contribution in [0.1, 0.15) is 16.1 Å². The molecule has 2 aromatic rings. The number of aryl methyl sites for hydroxylation is 2. The summed E-state index contributed by atoms with van der Waals surface area (Å²) in [5.74, 6) is 0.420. The van der Waals surface area contributed by atoms with Crippen LogP contribution in [0.4, 0.5) is 11.5 Å². The highest BCUT2D eigenvalue weighted by Gasteiger charge is 2.13. The van der Waals surface area contributed by atoms with Gasteiger partial charge < -0.3 is 11.1 Å². The lowest BCUT2D eigenvalue weighted by molar-refractivity contribution is 0.102. The summed E-state index contributed by atoms with van der Waals surface area (Å²) in [6.07, 6.45) is 0. The fourth-order valence-corrected chi connectivity index (χ4v) is 2.08. The van der Waals surface area contributed by atoms with Crippen LogP contribution < -0.4 is 11.1 Å². The molecule has 0 spiro atoms. The Morgan fingerprint density at radius 1 is 1.50 bits per heavy atom. The van der Waals surface area contributed by atoms with E-state index in [1.807, 2.05) is 6.92 Å². The Labute approximate surface area is 113 Å². The molecule has 0 aliphatic heterocycles. The topological polar surface area (TPSA) is 72.9 Å². The number of benzene rings is 1. The molecule has 2 rings (SSSR count). The van der Waals surface area contributed by atoms with Crippen molar-refractivity contribution in [3.05, 3.63) is 40.0 Å². The molecule has 0 aliphatic rings. The fourth-order valence-electron chi connectivity index (χ4n) is 1.64. The Balaban J connectivity index is 2.27. The Kier molecular flexibility index (Phi) is 3.38. The van der Waals surface area contributed by atoms with Crippen molar-refractivity contribution in [1.29, 1.82) is 0 Å². The van der Waals surface area contributed by atoms with E-state index in [2.05, 4.69) is 26.3 Å². The number of aromatic nitrogens is 2. The van der Waals surface area contributed by atoms with Gasteiger partial charge in [0.1, 0.15) is 5.82 Å². The van der Waals surface area contributed by atoms with Crippen LogP contribution in [-0.4, -0.2) is 15.7 Å². The second-order valence-corrected chi connectivity index (χ2v) is 4.75. The summed E-state index contributed by atoms with van der Waals surface area (Å²) >= 11 is 3.31. The number of nitrogens with one attached hydrogen (secondary N) is 1. The van der Waals surface area contributed by atoms with E-state index >= 15 is 0 Å². The average molecular weight is 309 g/mol. The zero-order valence-corrected chi connectivity index (χ0v) is 11.7. The molecule has 0 atom stereocenters. The number of nitrogens with two attached hydrogens (primary N) is 1. The van der Waals surface area contributed by atoms with Gasteiger partial charge in [-0.05, 0) is 35.0 Å². The molecular weight excluding hydrogens is 296 g/mol. The first kappa shape index (κ1) is 12.6. The van der Waals surface area contributed by atoms with E-state index < -0.39 is 0 Å². The van der Waals surface area contributed by atoms with Crippen molar-refractivity contribution < 1.29 is 4.79 Å². The van der Waals surface area contributed by atoms with Crippen LogP contribution in [0.3, 0.4) is 0 Å². The molecule has 0 aliphatic carbocycles. The second kappa shape index (κ2) is 4.81. The minimum atomic E-state index is -0.225. The van der Waals surface area contributed by atoms with Gasteiger partial charge >= 0.3 is 0 Å². The number of hydrogen-bond acceptors (Lipinski definition) is 3. The Bertz CT molecular complexity index is 606. The third-order valence-corrected chi connectivity index (χ3v) is 3.40. The van der Waals surface area contributed by atoms with Crippen molar-refractivity contribution in [3.8, 4) is 0 Å². The van der Waals surface area contributed by atoms with Gasteiger partial charge in [-0.3, -0.25) is 9.48 Å². The molecular formula is C12H13BrN4O. The molecule has 0 saturated heterocycles. The van der Waals surface area contributed by atoms with Gasteiger partial charge in [-0.15, -0.1) is 0 Å². The summed E-state index contributed by atoms with van der Waals surface area (Å²) in [6, 6.07) is 6.98. The number of carbonyl (C=O) groups excluding carboxylic acids is 1. The number of hydrogen-bond donors (Lipinski definition) is 2. The summed E-state index contributed by atoms with van der Waals surface area (Å²) in [6.45, 7) is 1.87. The smallest absolute Gasteiger partial charge is 0.258 e. The first-order valence-corrected chi connectivity index (χ1v) is 6.14. The van der Waals surface area contributed by atoms with Crippen molar-refractivity contribution in [2.45, 2.75) is 6.92 Å². The molecule has 0 unspecified atom stereocenters. The molecule has 3 N–H and O–H groups in total. The normalized spacial score (nSPS) is 10.4. The van der Waals surface area contributed by atoms with E-state index in [4.69, 9.17) is 5.73 Å². The van der Waals surface area contributed by atoms with Crippen LogP contribution in [-0.2, 0) is 7.05 Å². The minimum Gasteiger partial charge on any atom is -0.398 e. The maximum atomic E-state index is 12.1. The van der Waals surface area contributed by atoms with Crippen molar-refractivity contribution in [3.63, 3.8) is 0 Å². The number of anilines is 2. The van der Waals surface area contributed by atoms with Crippen LogP contribution in [0.5, 0.6) is 0 Å². The fraction of sp³-hybridized carbons (Fsp3) is 0.167. The first-order chi connectivity index (χ1) is 8.49. The van der Waals surface area contributed by atoms with E-state index in [0.29, 0.717) is 21.5 Å². The molecule has 94 valence electrons. The second-order valence-electron chi connectivity index (χ2n) is 3.96. The van der Waals surface area contributed by atoms with Crippen molar-refractivity contribution in [1.82, 2.24) is 9.78 Å². The van der Waals surface area contributed by atoms with Gasteiger partial charge in [-0.2, -0.15) is 5.10 Å². The zero-order chi connectivity index (χ0) is 13.3. The van der Waals surface area contributed by atoms with Crippen molar-refractivity contribution >= 4 is 33.3 Å². The van der Waals surface area contributed by atoms with Gasteiger partial charge in [-0.1, -0.05) is 6.07 Å². The largest absolute Gasteiger partial charge is 0.398 e. The van der Waals surface area contributed by atoms with E-state index in [1.54, 1.807) is 36.0 Å². The summed E-state index contributed by atoms with van der Waals surface area (Å²) < 4.78 is 2.22. The molecule has 0 fully saturated rings. The Morgan fingerprint density at radius 3 is 2.83 bits per heavy atom. The van der Waals surface area contributed by atoms with Gasteiger partial charge in [0.2, 0.25) is 0 Å². The molecule has 0 bridgehead atoms. The number of carbonyl (C=O) groups is 1. The molecule has 18 heavy (non-hydrogen) atoms. The lowest BCUT2D eigenvalue weighted by atomic mass is 10.2. The van der Waals surface area contributed by atoms with Crippen molar-refractivity contribution in [2.75, 3.05) is 11.1 Å². The quantitative estimate of drug-likeness (QED) is 0.836. The number of nitrogens with zero attached hydrogens (tertiary/aromatic N) is 2. The van der Waals surface area contributed by atoms with Gasteiger partial charge in [0, 0.05) is 18.8 Å². The van der Waals surface area contributed by atoms with E-state index in [0.717, 1.165) is 5.69 Å². The zero-order valence-electron chi connectivity index (χ0n) is 10.1. The highest BCUT2D eigenvalue weighted by Crippen LogP contribution is 2.24. The summed E-state index contributed by atoms with van der Waals surface area (Å²) in [5.41, 5.74) is 7.61. The summed E-state index contributed by atoms with van der Waals surface area (Å²) in [5, 5.41) is 6.95. The Morgan fingerprint density at radius 2 is 2.22 bits per heavy atom. The van der Waals surface area contributed by atoms with E-state index in [1.165, 1.54) is 0 Å². The lowest BCUT2D eigenvalue weighted by Crippen LogP contribution is -2.15. The molecule has 0 saturated carbocycles. The third kappa shape index (κ3) is 2.38. The first-order valence-electron chi connectivity index (χ1n) is 5.35. The molecule has 6 heteroatoms. The van der Waals surface area contributed by atoms with Crippen LogP contribution in [0.15, 0.2) is 28.7 Å². The molecule has 5 nitrogen and oxygen atoms in total. The predicted molar refractivity (Wildman–Crippen MR) is 74.5 cm³/mol. The van der Waals surface area contributed by atoms with Gasteiger partial charge in [0.05, 0.1) is 15.7 Å². The SMILES string of the molecule is Cc1cc(NC(=O)c2cccc(N)c2Br)n(C)n1. The Hall–Kier alpha value is -1.82. The summed E-state index contributed by atoms with van der Waals surface area (Å²) in [7, 11) is 1.77. The molecule has 0 radical (unpaired) electrons. The van der Waals surface area contributed by atoms with Gasteiger partial charge in [-0.25, -0.2) is 0 Å². The van der Waals surface area contributed by atoms with Gasteiger partial charge in [0.15, 0.2) is 0 Å². The highest BCUT2D eigenvalue weighted by atomic mass is 79.9. The molecule has 1 heterocycles. The molecule has 1 aromatic carbocycles. The third-order valence-electron chi connectivity index (χ3n) is 2.52. The summed E-state index contributed by atoms with van der Waals surface area (Å²) in [4.78, 5) is 12.1. The minimum absolute atomic E-state index is 0.225. The lowest BCUT2D eigenvalue weighted by Gasteiger charge is -2.08. The highest BCUT2D eigenvalue weighted by molar-refractivity contribution is 9.10. The van der Waals surface area contributed by atoms with Crippen LogP contribution in [0.25, 0.3) is 0 Å². The molecule has 1 aromatic heterocycles. The van der Waals surface area contributed by atoms with Crippen LogP contribution in [0.2, 0.25) is 0 Å². The van der Waals surface area contributed by atoms with E-state index in [9.17, 15) is 4.79 Å². The number of rotatable bonds is 2. The van der Waals surface area contributed by atoms with Crippen molar-refractivity contribution in [2.24, 2.45) is 7.05 Å². The molecule has 1 amide bonds. The standard InChI is InChI=1S/C12H13BrN4O/c1-7-6-10(17(2)16-7)15-12(18)8-4-3-5-9(14)11(8)13/h3-6H,14H2,1-2H3,(H,15,18). The number of amides is 1. The van der Waals surface area contributed by atoms with Crippen LogP contribution >= 0.6 is 15.9 Å². The monoisotopic (exact) mass is 308 g/mol. The average Bonchev–Trinajstić information content (AvgIpc) is 2.61. The maximum absolute atomic E-state index is 12.1. The predicted octanol–water partition coefficient (Wildman–Crippen LogP) is 2.33.